The monoisotopic (exact) mass is 332 g/mol. The van der Waals surface area contributed by atoms with E-state index in [2.05, 4.69) is 0 Å². The van der Waals surface area contributed by atoms with Crippen LogP contribution in [-0.2, 0) is 15.4 Å². The van der Waals surface area contributed by atoms with Crippen molar-refractivity contribution < 1.29 is 27.0 Å². The molecule has 1 aromatic carbocycles. The molecule has 2 atom stereocenters. The number of rotatable bonds is 2. The lowest BCUT2D eigenvalue weighted by molar-refractivity contribution is 0.00263. The van der Waals surface area contributed by atoms with Gasteiger partial charge in [-0.3, -0.25) is 0 Å². The number of hydrogen-bond donors (Lipinski definition) is 1. The topological polar surface area (TPSA) is 63.6 Å². The third-order valence-electron chi connectivity index (χ3n) is 4.86. The molecule has 2 fully saturated rings. The molecule has 2 aliphatic heterocycles. The van der Waals surface area contributed by atoms with E-state index in [1.807, 2.05) is 0 Å². The summed E-state index contributed by atoms with van der Waals surface area (Å²) in [4.78, 5) is 0. The largest absolute Gasteiger partial charge is 0.496 e. The number of halogens is 2. The van der Waals surface area contributed by atoms with E-state index >= 15 is 0 Å². The van der Waals surface area contributed by atoms with Crippen LogP contribution in [0.2, 0.25) is 0 Å². The van der Waals surface area contributed by atoms with Gasteiger partial charge in [0.2, 0.25) is 0 Å². The van der Waals surface area contributed by atoms with E-state index in [9.17, 15) is 22.3 Å². The molecule has 0 saturated carbocycles. The molecule has 2 bridgehead atoms. The second-order valence-electron chi connectivity index (χ2n) is 6.17. The van der Waals surface area contributed by atoms with Gasteiger partial charge in [-0.05, 0) is 31.7 Å². The number of fused-ring (bicyclic) bond motifs is 2. The van der Waals surface area contributed by atoms with Crippen LogP contribution in [0.25, 0.3) is 0 Å². The molecule has 22 heavy (non-hydrogen) atoms. The third kappa shape index (κ3) is 2.31. The van der Waals surface area contributed by atoms with Crippen LogP contribution in [0.4, 0.5) is 8.78 Å². The normalized spacial score (nSPS) is 33.5. The first-order valence-electron chi connectivity index (χ1n) is 7.26. The fraction of sp³-hybridized carbons (Fsp3) is 0.600. The minimum absolute atomic E-state index is 0.00668. The van der Waals surface area contributed by atoms with Crippen LogP contribution in [0.3, 0.4) is 0 Å². The quantitative estimate of drug-likeness (QED) is 0.902. The first-order valence-corrected chi connectivity index (χ1v) is 8.87. The second kappa shape index (κ2) is 5.16. The van der Waals surface area contributed by atoms with Gasteiger partial charge < -0.3 is 9.84 Å². The Kier molecular flexibility index (Phi) is 3.68. The maximum absolute atomic E-state index is 13.6. The van der Waals surface area contributed by atoms with Crippen molar-refractivity contribution >= 4 is 9.84 Å². The molecule has 122 valence electrons. The van der Waals surface area contributed by atoms with Gasteiger partial charge in [0.25, 0.3) is 0 Å². The predicted molar refractivity (Wildman–Crippen MR) is 76.4 cm³/mol. The Morgan fingerprint density at radius 1 is 1.18 bits per heavy atom. The Labute approximate surface area is 128 Å². The average molecular weight is 332 g/mol. The van der Waals surface area contributed by atoms with Crippen LogP contribution in [0, 0.1) is 11.6 Å². The molecular formula is C15H18F2O4S. The van der Waals surface area contributed by atoms with Gasteiger partial charge >= 0.3 is 0 Å². The number of hydrogen-bond acceptors (Lipinski definition) is 4. The Morgan fingerprint density at radius 2 is 1.73 bits per heavy atom. The Morgan fingerprint density at radius 3 is 2.27 bits per heavy atom. The minimum atomic E-state index is -3.25. The Balaban J connectivity index is 2.07. The molecule has 0 aromatic heterocycles. The fourth-order valence-electron chi connectivity index (χ4n) is 3.73. The maximum atomic E-state index is 13.6. The highest BCUT2D eigenvalue weighted by molar-refractivity contribution is 7.92. The first-order chi connectivity index (χ1) is 10.3. The van der Waals surface area contributed by atoms with Gasteiger partial charge in [-0.25, -0.2) is 17.2 Å². The summed E-state index contributed by atoms with van der Waals surface area (Å²) in [5.74, 6) is -2.10. The maximum Gasteiger partial charge on any atom is 0.162 e. The highest BCUT2D eigenvalue weighted by atomic mass is 32.2. The summed E-state index contributed by atoms with van der Waals surface area (Å²) in [5, 5.41) is 9.70. The predicted octanol–water partition coefficient (Wildman–Crippen LogP) is 2.29. The van der Waals surface area contributed by atoms with Gasteiger partial charge in [0, 0.05) is 11.6 Å². The minimum Gasteiger partial charge on any atom is -0.496 e. The standard InChI is InChI=1S/C15H18F2O4S/c1-21-14-6-13(17)12(16)5-11(14)15(18)7-9-3-2-4-10(8-15)22(9,19)20/h5-6,9-10,18H,2-4,7-8H2,1H3. The van der Waals surface area contributed by atoms with Crippen molar-refractivity contribution in [1.82, 2.24) is 0 Å². The summed E-state index contributed by atoms with van der Waals surface area (Å²) in [6, 6.07) is 1.81. The third-order valence-corrected chi connectivity index (χ3v) is 7.52. The van der Waals surface area contributed by atoms with E-state index in [1.54, 1.807) is 0 Å². The molecule has 2 heterocycles. The zero-order chi connectivity index (χ0) is 16.1. The van der Waals surface area contributed by atoms with Crippen LogP contribution in [-0.4, -0.2) is 31.1 Å². The average Bonchev–Trinajstić information content (AvgIpc) is 2.43. The molecular weight excluding hydrogens is 314 g/mol. The number of benzene rings is 1. The Hall–Kier alpha value is -1.21. The van der Waals surface area contributed by atoms with E-state index in [0.717, 1.165) is 18.6 Å². The van der Waals surface area contributed by atoms with Gasteiger partial charge in [0.1, 0.15) is 5.75 Å². The molecule has 1 N–H and O–H groups in total. The van der Waals surface area contributed by atoms with Crippen molar-refractivity contribution in [2.45, 2.75) is 48.2 Å². The van der Waals surface area contributed by atoms with Gasteiger partial charge in [0.15, 0.2) is 21.5 Å². The first kappa shape index (κ1) is 15.7. The van der Waals surface area contributed by atoms with E-state index < -0.39 is 37.6 Å². The highest BCUT2D eigenvalue weighted by Gasteiger charge is 2.51. The lowest BCUT2D eigenvalue weighted by Gasteiger charge is -2.44. The number of methoxy groups -OCH3 is 1. The number of ether oxygens (including phenoxy) is 1. The molecule has 0 amide bonds. The smallest absolute Gasteiger partial charge is 0.162 e. The summed E-state index contributed by atoms with van der Waals surface area (Å²) < 4.78 is 56.6. The molecule has 0 aliphatic carbocycles. The molecule has 7 heteroatoms. The summed E-state index contributed by atoms with van der Waals surface area (Å²) in [7, 11) is -1.95. The summed E-state index contributed by atoms with van der Waals surface area (Å²) in [6.45, 7) is 0. The molecule has 1 aromatic rings. The fourth-order valence-corrected chi connectivity index (χ4v) is 6.28. The lowest BCUT2D eigenvalue weighted by Crippen LogP contribution is -2.50. The van der Waals surface area contributed by atoms with Crippen LogP contribution < -0.4 is 4.74 Å². The molecule has 2 unspecified atom stereocenters. The second-order valence-corrected chi connectivity index (χ2v) is 8.68. The van der Waals surface area contributed by atoms with E-state index in [1.165, 1.54) is 7.11 Å². The van der Waals surface area contributed by atoms with Crippen LogP contribution in [0.15, 0.2) is 12.1 Å². The van der Waals surface area contributed by atoms with Crippen LogP contribution in [0.1, 0.15) is 37.7 Å². The van der Waals surface area contributed by atoms with Crippen molar-refractivity contribution in [1.29, 1.82) is 0 Å². The number of sulfone groups is 1. The van der Waals surface area contributed by atoms with Crippen LogP contribution >= 0.6 is 0 Å². The summed E-state index contributed by atoms with van der Waals surface area (Å²) in [5.41, 5.74) is -1.39. The molecule has 0 radical (unpaired) electrons. The van der Waals surface area contributed by atoms with Gasteiger partial charge in [-0.15, -0.1) is 0 Å². The summed E-state index contributed by atoms with van der Waals surface area (Å²) >= 11 is 0. The van der Waals surface area contributed by atoms with Crippen molar-refractivity contribution in [2.75, 3.05) is 7.11 Å². The van der Waals surface area contributed by atoms with E-state index in [4.69, 9.17) is 4.74 Å². The number of aliphatic hydroxyl groups is 1. The molecule has 2 aliphatic rings. The molecule has 2 saturated heterocycles. The molecule has 4 nitrogen and oxygen atoms in total. The van der Waals surface area contributed by atoms with E-state index in [0.29, 0.717) is 12.8 Å². The molecule has 0 spiro atoms. The molecule has 3 rings (SSSR count). The van der Waals surface area contributed by atoms with Crippen molar-refractivity contribution in [3.05, 3.63) is 29.3 Å². The zero-order valence-corrected chi connectivity index (χ0v) is 13.0. The Bertz CT molecular complexity index is 682. The zero-order valence-electron chi connectivity index (χ0n) is 12.2. The van der Waals surface area contributed by atoms with Gasteiger partial charge in [-0.1, -0.05) is 6.42 Å². The SMILES string of the molecule is COc1cc(F)c(F)cc1C1(O)CC2CCCC(C1)S2(=O)=O. The van der Waals surface area contributed by atoms with Crippen molar-refractivity contribution in [3.8, 4) is 5.75 Å². The van der Waals surface area contributed by atoms with Gasteiger partial charge in [-0.2, -0.15) is 0 Å². The van der Waals surface area contributed by atoms with Gasteiger partial charge in [0.05, 0.1) is 23.2 Å². The lowest BCUT2D eigenvalue weighted by atomic mass is 9.80. The van der Waals surface area contributed by atoms with Crippen molar-refractivity contribution in [3.63, 3.8) is 0 Å². The van der Waals surface area contributed by atoms with Crippen molar-refractivity contribution in [2.24, 2.45) is 0 Å². The summed E-state index contributed by atoms with van der Waals surface area (Å²) in [6.07, 6.45) is 1.78. The highest BCUT2D eigenvalue weighted by Crippen LogP contribution is 2.48. The van der Waals surface area contributed by atoms with E-state index in [-0.39, 0.29) is 24.2 Å². The van der Waals surface area contributed by atoms with Crippen LogP contribution in [0.5, 0.6) is 5.75 Å².